The summed E-state index contributed by atoms with van der Waals surface area (Å²) in [6.07, 6.45) is 10.4. The number of aromatic nitrogens is 5. The van der Waals surface area contributed by atoms with Gasteiger partial charge >= 0.3 is 0 Å². The molecule has 0 unspecified atom stereocenters. The molecule has 0 radical (unpaired) electrons. The Kier molecular flexibility index (Phi) is 5.64. The van der Waals surface area contributed by atoms with Crippen molar-refractivity contribution < 1.29 is 4.42 Å². The van der Waals surface area contributed by atoms with Crippen LogP contribution in [0.4, 0.5) is 5.95 Å². The van der Waals surface area contributed by atoms with Crippen LogP contribution in [-0.4, -0.2) is 48.6 Å². The molecule has 1 N–H and O–H groups in total. The molecule has 4 heterocycles. The first-order valence-corrected chi connectivity index (χ1v) is 11.9. The second-order valence-corrected chi connectivity index (χ2v) is 8.78. The SMILES string of the molecule is c1cncc(-c2nc3c4ccccc4nc(NCCN(Cc4ccco4)C4CCCC4)n3n2)c1. The summed E-state index contributed by atoms with van der Waals surface area (Å²) in [6, 6.07) is 16.5. The van der Waals surface area contributed by atoms with E-state index in [1.54, 1.807) is 18.7 Å². The molecule has 1 fully saturated rings. The van der Waals surface area contributed by atoms with Gasteiger partial charge in [0.1, 0.15) is 5.76 Å². The van der Waals surface area contributed by atoms with E-state index in [1.165, 1.54) is 25.7 Å². The minimum absolute atomic E-state index is 0.597. The Hall–Kier alpha value is -3.78. The lowest BCUT2D eigenvalue weighted by atomic mass is 10.2. The van der Waals surface area contributed by atoms with Crippen molar-refractivity contribution in [3.8, 4) is 11.4 Å². The average Bonchev–Trinajstić information content (AvgIpc) is 3.66. The largest absolute Gasteiger partial charge is 0.468 e. The number of fused-ring (bicyclic) bond motifs is 3. The number of para-hydroxylation sites is 1. The van der Waals surface area contributed by atoms with Gasteiger partial charge in [-0.15, -0.1) is 5.10 Å². The highest BCUT2D eigenvalue weighted by Crippen LogP contribution is 2.26. The molecule has 0 bridgehead atoms. The Morgan fingerprint density at radius 3 is 2.76 bits per heavy atom. The molecule has 0 saturated heterocycles. The van der Waals surface area contributed by atoms with Crippen LogP contribution >= 0.6 is 0 Å². The molecule has 1 aliphatic rings. The predicted octanol–water partition coefficient (Wildman–Crippen LogP) is 4.79. The number of benzene rings is 1. The normalized spacial score (nSPS) is 14.5. The molecule has 4 aromatic heterocycles. The van der Waals surface area contributed by atoms with Gasteiger partial charge in [-0.3, -0.25) is 9.88 Å². The number of nitrogens with one attached hydrogen (secondary N) is 1. The lowest BCUT2D eigenvalue weighted by molar-refractivity contribution is 0.182. The molecule has 0 spiro atoms. The Morgan fingerprint density at radius 1 is 1.03 bits per heavy atom. The molecule has 8 heteroatoms. The summed E-state index contributed by atoms with van der Waals surface area (Å²) in [7, 11) is 0. The van der Waals surface area contributed by atoms with Crippen molar-refractivity contribution in [2.75, 3.05) is 18.4 Å². The third-order valence-electron chi connectivity index (χ3n) is 6.56. The first kappa shape index (κ1) is 20.8. The zero-order valence-corrected chi connectivity index (χ0v) is 19.0. The van der Waals surface area contributed by atoms with Crippen LogP contribution in [-0.2, 0) is 6.54 Å². The van der Waals surface area contributed by atoms with Crippen LogP contribution in [0.1, 0.15) is 31.4 Å². The van der Waals surface area contributed by atoms with Crippen molar-refractivity contribution in [3.05, 3.63) is 72.9 Å². The number of anilines is 1. The standard InChI is InChI=1S/C26H27N7O/c1-2-9-20(8-1)32(18-21-10-6-16-34-21)15-14-28-26-29-23-12-4-3-11-22(23)25-30-24(31-33(25)26)19-7-5-13-27-17-19/h3-7,10-13,16-17,20H,1-2,8-9,14-15,18H2,(H,28,29). The molecule has 1 aromatic carbocycles. The average molecular weight is 454 g/mol. The van der Waals surface area contributed by atoms with Crippen LogP contribution in [0.15, 0.2) is 71.6 Å². The van der Waals surface area contributed by atoms with Gasteiger partial charge in [-0.1, -0.05) is 25.0 Å². The predicted molar refractivity (Wildman–Crippen MR) is 131 cm³/mol. The van der Waals surface area contributed by atoms with E-state index in [9.17, 15) is 0 Å². The number of hydrogen-bond donors (Lipinski definition) is 1. The number of furan rings is 1. The molecular weight excluding hydrogens is 426 g/mol. The second kappa shape index (κ2) is 9.23. The van der Waals surface area contributed by atoms with Crippen LogP contribution < -0.4 is 5.32 Å². The highest BCUT2D eigenvalue weighted by molar-refractivity contribution is 5.92. The summed E-state index contributed by atoms with van der Waals surface area (Å²) in [5, 5.41) is 9.29. The van der Waals surface area contributed by atoms with Gasteiger partial charge in [0, 0.05) is 42.5 Å². The molecule has 34 heavy (non-hydrogen) atoms. The molecule has 0 atom stereocenters. The lowest BCUT2D eigenvalue weighted by Gasteiger charge is -2.28. The summed E-state index contributed by atoms with van der Waals surface area (Å²) in [6.45, 7) is 2.47. The maximum absolute atomic E-state index is 5.64. The molecule has 172 valence electrons. The molecule has 8 nitrogen and oxygen atoms in total. The van der Waals surface area contributed by atoms with E-state index in [0.717, 1.165) is 47.5 Å². The second-order valence-electron chi connectivity index (χ2n) is 8.78. The molecular formula is C26H27N7O. The summed E-state index contributed by atoms with van der Waals surface area (Å²) >= 11 is 0. The fraction of sp³-hybridized carbons (Fsp3) is 0.308. The Morgan fingerprint density at radius 2 is 1.94 bits per heavy atom. The van der Waals surface area contributed by atoms with Gasteiger partial charge in [0.25, 0.3) is 0 Å². The van der Waals surface area contributed by atoms with Crippen LogP contribution in [0.25, 0.3) is 27.9 Å². The smallest absolute Gasteiger partial charge is 0.226 e. The third-order valence-corrected chi connectivity index (χ3v) is 6.56. The highest BCUT2D eigenvalue weighted by Gasteiger charge is 2.23. The van der Waals surface area contributed by atoms with Crippen molar-refractivity contribution in [3.63, 3.8) is 0 Å². The van der Waals surface area contributed by atoms with Gasteiger partial charge in [0.05, 0.1) is 18.3 Å². The van der Waals surface area contributed by atoms with Crippen LogP contribution in [0.5, 0.6) is 0 Å². The number of nitrogens with zero attached hydrogens (tertiary/aromatic N) is 6. The van der Waals surface area contributed by atoms with Gasteiger partial charge < -0.3 is 9.73 Å². The molecule has 0 aliphatic heterocycles. The van der Waals surface area contributed by atoms with E-state index < -0.39 is 0 Å². The lowest BCUT2D eigenvalue weighted by Crippen LogP contribution is -2.36. The Bertz CT molecular complexity index is 1370. The summed E-state index contributed by atoms with van der Waals surface area (Å²) in [4.78, 5) is 16.5. The van der Waals surface area contributed by atoms with Gasteiger partial charge in [-0.25, -0.2) is 9.97 Å². The van der Waals surface area contributed by atoms with Crippen LogP contribution in [0, 0.1) is 0 Å². The Balaban J connectivity index is 1.28. The van der Waals surface area contributed by atoms with Crippen LogP contribution in [0.2, 0.25) is 0 Å². The van der Waals surface area contributed by atoms with Crippen molar-refractivity contribution >= 4 is 22.5 Å². The summed E-state index contributed by atoms with van der Waals surface area (Å²) in [5.41, 5.74) is 2.56. The van der Waals surface area contributed by atoms with Crippen molar-refractivity contribution in [1.82, 2.24) is 29.5 Å². The third kappa shape index (κ3) is 4.12. The van der Waals surface area contributed by atoms with Crippen molar-refractivity contribution in [1.29, 1.82) is 0 Å². The fourth-order valence-corrected chi connectivity index (χ4v) is 4.86. The summed E-state index contributed by atoms with van der Waals surface area (Å²) < 4.78 is 7.45. The monoisotopic (exact) mass is 453 g/mol. The first-order chi connectivity index (χ1) is 16.8. The van der Waals surface area contributed by atoms with E-state index in [2.05, 4.69) is 21.3 Å². The fourth-order valence-electron chi connectivity index (χ4n) is 4.86. The van der Waals surface area contributed by atoms with Gasteiger partial charge in [0.15, 0.2) is 11.5 Å². The number of hydrogen-bond acceptors (Lipinski definition) is 7. The van der Waals surface area contributed by atoms with Crippen LogP contribution in [0.3, 0.4) is 0 Å². The number of rotatable bonds is 8. The molecule has 1 aliphatic carbocycles. The van der Waals surface area contributed by atoms with Gasteiger partial charge in [-0.2, -0.15) is 4.52 Å². The van der Waals surface area contributed by atoms with Crippen molar-refractivity contribution in [2.45, 2.75) is 38.3 Å². The molecule has 5 aromatic rings. The maximum atomic E-state index is 5.64. The van der Waals surface area contributed by atoms with Gasteiger partial charge in [-0.05, 0) is 49.2 Å². The first-order valence-electron chi connectivity index (χ1n) is 11.9. The topological polar surface area (TPSA) is 84.4 Å². The van der Waals surface area contributed by atoms with Crippen molar-refractivity contribution in [2.24, 2.45) is 0 Å². The maximum Gasteiger partial charge on any atom is 0.226 e. The summed E-state index contributed by atoms with van der Waals surface area (Å²) in [5.74, 6) is 2.34. The van der Waals surface area contributed by atoms with Gasteiger partial charge in [0.2, 0.25) is 5.95 Å². The zero-order chi connectivity index (χ0) is 22.7. The highest BCUT2D eigenvalue weighted by atomic mass is 16.3. The molecule has 0 amide bonds. The molecule has 1 saturated carbocycles. The van der Waals surface area contributed by atoms with E-state index >= 15 is 0 Å². The minimum atomic E-state index is 0.597. The zero-order valence-electron chi connectivity index (χ0n) is 19.0. The van der Waals surface area contributed by atoms with E-state index in [1.807, 2.05) is 47.0 Å². The van der Waals surface area contributed by atoms with E-state index in [4.69, 9.17) is 19.5 Å². The number of pyridine rings is 1. The minimum Gasteiger partial charge on any atom is -0.468 e. The molecule has 6 rings (SSSR count). The quantitative estimate of drug-likeness (QED) is 0.362. The Labute approximate surface area is 197 Å². The van der Waals surface area contributed by atoms with E-state index in [0.29, 0.717) is 17.8 Å². The van der Waals surface area contributed by atoms with E-state index in [-0.39, 0.29) is 0 Å².